The number of hydrogen-bond donors (Lipinski definition) is 1. The van der Waals surface area contributed by atoms with E-state index in [-0.39, 0.29) is 16.7 Å². The van der Waals surface area contributed by atoms with Gasteiger partial charge in [0.15, 0.2) is 0 Å². The smallest absolute Gasteiger partial charge is 0.219 e. The molecule has 0 aliphatic heterocycles. The van der Waals surface area contributed by atoms with E-state index in [9.17, 15) is 10.1 Å². The first-order valence-corrected chi connectivity index (χ1v) is 6.18. The van der Waals surface area contributed by atoms with Gasteiger partial charge in [-0.3, -0.25) is 10.1 Å². The molecular weight excluding hydrogens is 220 g/mol. The van der Waals surface area contributed by atoms with Gasteiger partial charge in [-0.15, -0.1) is 11.8 Å². The number of nitro groups is 1. The number of rotatable bonds is 6. The maximum absolute atomic E-state index is 10.4. The van der Waals surface area contributed by atoms with Crippen molar-refractivity contribution in [2.24, 2.45) is 5.73 Å². The van der Waals surface area contributed by atoms with Gasteiger partial charge in [0.05, 0.1) is 5.25 Å². The SMILES string of the molecule is NCCSC(C[N+](=O)[O-])c1ccsc1. The summed E-state index contributed by atoms with van der Waals surface area (Å²) in [6.45, 7) is 0.532. The molecule has 0 bridgehead atoms. The molecule has 2 N–H and O–H groups in total. The van der Waals surface area contributed by atoms with Crippen LogP contribution in [0.25, 0.3) is 0 Å². The summed E-state index contributed by atoms with van der Waals surface area (Å²) in [7, 11) is 0. The molecule has 14 heavy (non-hydrogen) atoms. The second-order valence-electron chi connectivity index (χ2n) is 2.72. The van der Waals surface area contributed by atoms with Crippen LogP contribution in [-0.2, 0) is 0 Å². The van der Waals surface area contributed by atoms with Crippen LogP contribution in [0.2, 0.25) is 0 Å². The molecule has 6 heteroatoms. The van der Waals surface area contributed by atoms with Gasteiger partial charge in [0, 0.05) is 17.2 Å². The standard InChI is InChI=1S/C8H12N2O2S2/c9-2-4-14-8(5-10(11)12)7-1-3-13-6-7/h1,3,6,8H,2,4-5,9H2. The Morgan fingerprint density at radius 1 is 1.71 bits per heavy atom. The number of nitrogens with zero attached hydrogens (tertiary/aromatic N) is 1. The van der Waals surface area contributed by atoms with Gasteiger partial charge in [0.1, 0.15) is 0 Å². The zero-order valence-electron chi connectivity index (χ0n) is 7.59. The van der Waals surface area contributed by atoms with E-state index >= 15 is 0 Å². The molecule has 0 radical (unpaired) electrons. The highest BCUT2D eigenvalue weighted by atomic mass is 32.2. The Morgan fingerprint density at radius 2 is 2.50 bits per heavy atom. The highest BCUT2D eigenvalue weighted by Crippen LogP contribution is 2.29. The van der Waals surface area contributed by atoms with Gasteiger partial charge in [-0.1, -0.05) is 0 Å². The summed E-state index contributed by atoms with van der Waals surface area (Å²) in [5.74, 6) is 0.758. The average molecular weight is 232 g/mol. The van der Waals surface area contributed by atoms with Crippen LogP contribution in [0.3, 0.4) is 0 Å². The second kappa shape index (κ2) is 6.00. The number of thiophene rings is 1. The zero-order chi connectivity index (χ0) is 10.4. The minimum atomic E-state index is -0.272. The summed E-state index contributed by atoms with van der Waals surface area (Å²) < 4.78 is 0. The zero-order valence-corrected chi connectivity index (χ0v) is 9.22. The van der Waals surface area contributed by atoms with E-state index in [4.69, 9.17) is 5.73 Å². The van der Waals surface area contributed by atoms with Crippen LogP contribution >= 0.6 is 23.1 Å². The number of thioether (sulfide) groups is 1. The van der Waals surface area contributed by atoms with Gasteiger partial charge in [-0.2, -0.15) is 11.3 Å². The molecule has 0 aliphatic rings. The molecule has 4 nitrogen and oxygen atoms in total. The van der Waals surface area contributed by atoms with Gasteiger partial charge in [-0.25, -0.2) is 0 Å². The molecule has 1 aromatic heterocycles. The van der Waals surface area contributed by atoms with Crippen LogP contribution < -0.4 is 5.73 Å². The molecule has 78 valence electrons. The maximum atomic E-state index is 10.4. The Kier molecular flexibility index (Phi) is 4.92. The average Bonchev–Trinajstić information content (AvgIpc) is 2.64. The van der Waals surface area contributed by atoms with Gasteiger partial charge in [0.25, 0.3) is 0 Å². The highest BCUT2D eigenvalue weighted by molar-refractivity contribution is 7.99. The Balaban J connectivity index is 2.57. The van der Waals surface area contributed by atoms with Crippen molar-refractivity contribution in [3.63, 3.8) is 0 Å². The molecule has 1 aromatic rings. The Morgan fingerprint density at radius 3 is 3.00 bits per heavy atom. The van der Waals surface area contributed by atoms with Crippen molar-refractivity contribution in [3.8, 4) is 0 Å². The van der Waals surface area contributed by atoms with Crippen LogP contribution in [0.15, 0.2) is 16.8 Å². The quantitative estimate of drug-likeness (QED) is 0.599. The fourth-order valence-corrected chi connectivity index (χ4v) is 2.85. The summed E-state index contributed by atoms with van der Waals surface area (Å²) in [5, 5.41) is 14.3. The predicted molar refractivity (Wildman–Crippen MR) is 60.4 cm³/mol. The van der Waals surface area contributed by atoms with E-state index < -0.39 is 0 Å². The highest BCUT2D eigenvalue weighted by Gasteiger charge is 2.17. The predicted octanol–water partition coefficient (Wildman–Crippen LogP) is 1.76. The van der Waals surface area contributed by atoms with Crippen LogP contribution in [0.1, 0.15) is 10.8 Å². The van der Waals surface area contributed by atoms with Crippen molar-refractivity contribution in [1.29, 1.82) is 0 Å². The van der Waals surface area contributed by atoms with Gasteiger partial charge in [0.2, 0.25) is 6.54 Å². The largest absolute Gasteiger partial charge is 0.330 e. The molecule has 1 unspecified atom stereocenters. The molecule has 1 atom stereocenters. The van der Waals surface area contributed by atoms with E-state index in [1.807, 2.05) is 16.8 Å². The van der Waals surface area contributed by atoms with Gasteiger partial charge < -0.3 is 5.73 Å². The molecule has 1 heterocycles. The molecule has 0 amide bonds. The summed E-state index contributed by atoms with van der Waals surface area (Å²) in [6, 6.07) is 1.93. The van der Waals surface area contributed by atoms with Crippen LogP contribution in [0.5, 0.6) is 0 Å². The molecule has 0 saturated carbocycles. The third kappa shape index (κ3) is 3.65. The minimum Gasteiger partial charge on any atom is -0.330 e. The first-order valence-electron chi connectivity index (χ1n) is 4.19. The molecule has 1 rings (SSSR count). The van der Waals surface area contributed by atoms with Crippen molar-refractivity contribution in [3.05, 3.63) is 32.5 Å². The molecule has 0 aromatic carbocycles. The maximum Gasteiger partial charge on any atom is 0.219 e. The van der Waals surface area contributed by atoms with Gasteiger partial charge >= 0.3 is 0 Å². The fraction of sp³-hybridized carbons (Fsp3) is 0.500. The molecular formula is C8H12N2O2S2. The van der Waals surface area contributed by atoms with Crippen molar-refractivity contribution in [2.45, 2.75) is 5.25 Å². The molecule has 0 saturated heterocycles. The molecule has 0 spiro atoms. The number of hydrogen-bond acceptors (Lipinski definition) is 5. The van der Waals surface area contributed by atoms with Crippen molar-refractivity contribution < 1.29 is 4.92 Å². The summed E-state index contributed by atoms with van der Waals surface area (Å²) in [4.78, 5) is 10.2. The van der Waals surface area contributed by atoms with Crippen molar-refractivity contribution >= 4 is 23.1 Å². The van der Waals surface area contributed by atoms with Crippen molar-refractivity contribution in [2.75, 3.05) is 18.8 Å². The lowest BCUT2D eigenvalue weighted by molar-refractivity contribution is -0.479. The lowest BCUT2D eigenvalue weighted by Gasteiger charge is -2.09. The summed E-state index contributed by atoms with van der Waals surface area (Å²) in [5.41, 5.74) is 6.41. The van der Waals surface area contributed by atoms with E-state index in [0.29, 0.717) is 6.54 Å². The molecule has 0 fully saturated rings. The Bertz CT molecular complexity index is 277. The summed E-state index contributed by atoms with van der Waals surface area (Å²) >= 11 is 3.11. The topological polar surface area (TPSA) is 69.2 Å². The lowest BCUT2D eigenvalue weighted by Crippen LogP contribution is -2.12. The number of nitrogens with two attached hydrogens (primary N) is 1. The van der Waals surface area contributed by atoms with E-state index in [1.54, 1.807) is 23.1 Å². The van der Waals surface area contributed by atoms with E-state index in [2.05, 4.69) is 0 Å². The minimum absolute atomic E-state index is 0.0264. The Hall–Kier alpha value is -0.590. The lowest BCUT2D eigenvalue weighted by atomic mass is 10.2. The van der Waals surface area contributed by atoms with E-state index in [1.165, 1.54) is 0 Å². The van der Waals surface area contributed by atoms with Crippen molar-refractivity contribution in [1.82, 2.24) is 0 Å². The van der Waals surface area contributed by atoms with Crippen LogP contribution in [0, 0.1) is 10.1 Å². The first-order chi connectivity index (χ1) is 6.74. The first kappa shape index (κ1) is 11.5. The van der Waals surface area contributed by atoms with Crippen LogP contribution in [0.4, 0.5) is 0 Å². The summed E-state index contributed by atoms with van der Waals surface area (Å²) in [6.07, 6.45) is 0. The van der Waals surface area contributed by atoms with E-state index in [0.717, 1.165) is 11.3 Å². The monoisotopic (exact) mass is 232 g/mol. The fourth-order valence-electron chi connectivity index (χ4n) is 1.06. The van der Waals surface area contributed by atoms with Crippen LogP contribution in [-0.4, -0.2) is 23.8 Å². The molecule has 0 aliphatic carbocycles. The Labute approximate surface area is 90.6 Å². The van der Waals surface area contributed by atoms with Gasteiger partial charge in [-0.05, 0) is 22.4 Å². The third-order valence-electron chi connectivity index (χ3n) is 1.67. The third-order valence-corrected chi connectivity index (χ3v) is 3.66. The normalized spacial score (nSPS) is 12.6. The second-order valence-corrected chi connectivity index (χ2v) is 4.81.